The molecule has 2 saturated carbocycles. The topological polar surface area (TPSA) is 78.9 Å². The maximum Gasteiger partial charge on any atom is 0.226 e. The molecule has 0 heterocycles. The van der Waals surface area contributed by atoms with Crippen LogP contribution in [-0.2, 0) is 4.79 Å². The Bertz CT molecular complexity index is 343. The van der Waals surface area contributed by atoms with Crippen LogP contribution in [0.15, 0.2) is 5.16 Å². The Hall–Kier alpha value is -1.26. The van der Waals surface area contributed by atoms with Crippen molar-refractivity contribution in [3.8, 4) is 0 Å². The van der Waals surface area contributed by atoms with Crippen LogP contribution in [-0.4, -0.2) is 34.9 Å². The molecule has 2 rings (SSSR count). The molecule has 1 amide bonds. The minimum absolute atomic E-state index is 0.111. The predicted octanol–water partition coefficient (Wildman–Crippen LogP) is 1.41. The number of hydrogen-bond donors (Lipinski definition) is 2. The summed E-state index contributed by atoms with van der Waals surface area (Å²) < 4.78 is 0. The second-order valence-electron chi connectivity index (χ2n) is 5.63. The minimum Gasteiger partial charge on any atom is -0.409 e. The van der Waals surface area contributed by atoms with E-state index in [1.165, 1.54) is 19.3 Å². The normalized spacial score (nSPS) is 30.7. The van der Waals surface area contributed by atoms with E-state index in [0.717, 1.165) is 18.8 Å². The van der Waals surface area contributed by atoms with Crippen molar-refractivity contribution >= 4 is 11.7 Å². The maximum absolute atomic E-state index is 12.5. The lowest BCUT2D eigenvalue weighted by molar-refractivity contribution is -0.136. The van der Waals surface area contributed by atoms with Gasteiger partial charge in [0.2, 0.25) is 5.91 Å². The van der Waals surface area contributed by atoms with Crippen molar-refractivity contribution in [1.82, 2.24) is 4.90 Å². The van der Waals surface area contributed by atoms with Gasteiger partial charge in [-0.1, -0.05) is 18.5 Å². The third-order valence-electron chi connectivity index (χ3n) is 4.34. The number of fused-ring (bicyclic) bond motifs is 2. The molecule has 102 valence electrons. The molecule has 18 heavy (non-hydrogen) atoms. The van der Waals surface area contributed by atoms with Crippen LogP contribution < -0.4 is 5.73 Å². The fraction of sp³-hybridized carbons (Fsp3) is 0.846. The molecular formula is C13H23N3O2. The summed E-state index contributed by atoms with van der Waals surface area (Å²) in [5.41, 5.74) is 5.52. The van der Waals surface area contributed by atoms with E-state index in [1.807, 2.05) is 6.92 Å². The number of oxime groups is 1. The average molecular weight is 253 g/mol. The number of amides is 1. The Labute approximate surface area is 108 Å². The zero-order valence-corrected chi connectivity index (χ0v) is 11.0. The van der Waals surface area contributed by atoms with E-state index in [1.54, 1.807) is 4.90 Å². The monoisotopic (exact) mass is 253 g/mol. The van der Waals surface area contributed by atoms with Gasteiger partial charge in [-0.15, -0.1) is 0 Å². The molecule has 0 aromatic carbocycles. The fourth-order valence-electron chi connectivity index (χ4n) is 3.55. The lowest BCUT2D eigenvalue weighted by Crippen LogP contribution is -2.43. The van der Waals surface area contributed by atoms with Gasteiger partial charge in [0.15, 0.2) is 5.84 Å². The molecular weight excluding hydrogens is 230 g/mol. The number of hydrogen-bond acceptors (Lipinski definition) is 3. The van der Waals surface area contributed by atoms with Gasteiger partial charge in [0.1, 0.15) is 0 Å². The summed E-state index contributed by atoms with van der Waals surface area (Å²) in [6.07, 6.45) is 5.65. The van der Waals surface area contributed by atoms with E-state index in [2.05, 4.69) is 5.16 Å². The van der Waals surface area contributed by atoms with Crippen molar-refractivity contribution in [3.63, 3.8) is 0 Å². The van der Waals surface area contributed by atoms with Gasteiger partial charge in [0.25, 0.3) is 0 Å². The third kappa shape index (κ3) is 2.60. The van der Waals surface area contributed by atoms with Gasteiger partial charge in [0, 0.05) is 12.5 Å². The van der Waals surface area contributed by atoms with Gasteiger partial charge in [0.05, 0.1) is 6.54 Å². The largest absolute Gasteiger partial charge is 0.409 e. The van der Waals surface area contributed by atoms with Gasteiger partial charge in [-0.05, 0) is 37.5 Å². The van der Waals surface area contributed by atoms with E-state index in [0.29, 0.717) is 12.5 Å². The molecule has 5 nitrogen and oxygen atoms in total. The maximum atomic E-state index is 12.5. The first-order chi connectivity index (χ1) is 8.65. The Kier molecular flexibility index (Phi) is 4.09. The lowest BCUT2D eigenvalue weighted by atomic mass is 9.87. The van der Waals surface area contributed by atoms with Crippen LogP contribution in [0.25, 0.3) is 0 Å². The fourth-order valence-corrected chi connectivity index (χ4v) is 3.55. The summed E-state index contributed by atoms with van der Waals surface area (Å²) in [6.45, 7) is 2.97. The van der Waals surface area contributed by atoms with Crippen LogP contribution in [0, 0.1) is 17.8 Å². The average Bonchev–Trinajstić information content (AvgIpc) is 2.99. The van der Waals surface area contributed by atoms with Crippen LogP contribution in [0.4, 0.5) is 0 Å². The van der Waals surface area contributed by atoms with Crippen molar-refractivity contribution in [3.05, 3.63) is 0 Å². The van der Waals surface area contributed by atoms with Gasteiger partial charge >= 0.3 is 0 Å². The lowest BCUT2D eigenvalue weighted by Gasteiger charge is -2.28. The van der Waals surface area contributed by atoms with Crippen LogP contribution in [0.3, 0.4) is 0 Å². The standard InChI is InChI=1S/C13H23N3O2/c1-2-5-16(8-12(14)15-18)13(17)11-7-9-3-4-10(11)6-9/h9-11,18H,2-8H2,1H3,(H2,14,15). The van der Waals surface area contributed by atoms with Crippen LogP contribution in [0.1, 0.15) is 39.0 Å². The van der Waals surface area contributed by atoms with Crippen molar-refractivity contribution in [2.45, 2.75) is 39.0 Å². The van der Waals surface area contributed by atoms with E-state index in [4.69, 9.17) is 10.9 Å². The molecule has 3 N–H and O–H groups in total. The highest BCUT2D eigenvalue weighted by molar-refractivity contribution is 5.88. The molecule has 2 aliphatic carbocycles. The molecule has 0 radical (unpaired) electrons. The molecule has 5 heteroatoms. The van der Waals surface area contributed by atoms with Gasteiger partial charge < -0.3 is 15.8 Å². The molecule has 3 atom stereocenters. The second kappa shape index (κ2) is 5.59. The van der Waals surface area contributed by atoms with Gasteiger partial charge in [-0.3, -0.25) is 4.79 Å². The van der Waals surface area contributed by atoms with E-state index >= 15 is 0 Å². The zero-order chi connectivity index (χ0) is 13.1. The number of amidine groups is 1. The highest BCUT2D eigenvalue weighted by Gasteiger charge is 2.44. The molecule has 0 aromatic rings. The Morgan fingerprint density at radius 2 is 2.22 bits per heavy atom. The number of nitrogens with zero attached hydrogens (tertiary/aromatic N) is 2. The summed E-state index contributed by atoms with van der Waals surface area (Å²) >= 11 is 0. The zero-order valence-electron chi connectivity index (χ0n) is 11.0. The molecule has 0 spiro atoms. The SMILES string of the molecule is CCCN(CC(N)=NO)C(=O)C1CC2CCC1C2. The minimum atomic E-state index is 0.111. The number of rotatable bonds is 5. The van der Waals surface area contributed by atoms with E-state index in [-0.39, 0.29) is 24.2 Å². The Balaban J connectivity index is 1.99. The second-order valence-corrected chi connectivity index (χ2v) is 5.63. The highest BCUT2D eigenvalue weighted by atomic mass is 16.4. The highest BCUT2D eigenvalue weighted by Crippen LogP contribution is 2.48. The van der Waals surface area contributed by atoms with Gasteiger partial charge in [-0.2, -0.15) is 0 Å². The summed E-state index contributed by atoms with van der Waals surface area (Å²) in [5, 5.41) is 11.6. The van der Waals surface area contributed by atoms with Crippen LogP contribution in [0.2, 0.25) is 0 Å². The predicted molar refractivity (Wildman–Crippen MR) is 69.2 cm³/mol. The summed E-state index contributed by atoms with van der Waals surface area (Å²) in [4.78, 5) is 14.3. The van der Waals surface area contributed by atoms with Crippen molar-refractivity contribution in [1.29, 1.82) is 0 Å². The van der Waals surface area contributed by atoms with E-state index in [9.17, 15) is 4.79 Å². The number of carbonyl (C=O) groups is 1. The third-order valence-corrected chi connectivity index (χ3v) is 4.34. The quantitative estimate of drug-likeness (QED) is 0.336. The molecule has 2 aliphatic rings. The molecule has 2 fully saturated rings. The summed E-state index contributed by atoms with van der Waals surface area (Å²) in [5.74, 6) is 1.84. The molecule has 0 saturated heterocycles. The molecule has 2 bridgehead atoms. The van der Waals surface area contributed by atoms with Crippen molar-refractivity contribution in [2.75, 3.05) is 13.1 Å². The van der Waals surface area contributed by atoms with Crippen LogP contribution in [0.5, 0.6) is 0 Å². The summed E-state index contributed by atoms with van der Waals surface area (Å²) in [6, 6.07) is 0. The van der Waals surface area contributed by atoms with Crippen molar-refractivity contribution in [2.24, 2.45) is 28.6 Å². The number of carbonyl (C=O) groups excluding carboxylic acids is 1. The molecule has 0 aromatic heterocycles. The first-order valence-corrected chi connectivity index (χ1v) is 6.90. The smallest absolute Gasteiger partial charge is 0.226 e. The first-order valence-electron chi connectivity index (χ1n) is 6.90. The van der Waals surface area contributed by atoms with Gasteiger partial charge in [-0.25, -0.2) is 0 Å². The first kappa shape index (κ1) is 13.2. The molecule has 3 unspecified atom stereocenters. The van der Waals surface area contributed by atoms with Crippen LogP contribution >= 0.6 is 0 Å². The summed E-state index contributed by atoms with van der Waals surface area (Å²) in [7, 11) is 0. The Morgan fingerprint density at radius 3 is 2.72 bits per heavy atom. The number of nitrogens with two attached hydrogens (primary N) is 1. The van der Waals surface area contributed by atoms with Crippen molar-refractivity contribution < 1.29 is 10.0 Å². The Morgan fingerprint density at radius 1 is 1.44 bits per heavy atom. The van der Waals surface area contributed by atoms with E-state index < -0.39 is 0 Å². The molecule has 0 aliphatic heterocycles.